The van der Waals surface area contributed by atoms with Crippen molar-refractivity contribution in [2.24, 2.45) is 5.73 Å². The largest absolute Gasteiger partial charge is 0.341 e. The fraction of sp³-hybridized carbons (Fsp3) is 0.889. The van der Waals surface area contributed by atoms with Crippen LogP contribution in [0.1, 0.15) is 12.8 Å². The minimum absolute atomic E-state index is 0.198. The second-order valence-electron chi connectivity index (χ2n) is 3.94. The Morgan fingerprint density at radius 3 is 2.77 bits per heavy atom. The van der Waals surface area contributed by atoms with Gasteiger partial charge >= 0.3 is 0 Å². The quantitative estimate of drug-likeness (QED) is 0.645. The predicted octanol–water partition coefficient (Wildman–Crippen LogP) is -0.502. The molecular weight excluding hydrogens is 166 g/mol. The first-order valence-electron chi connectivity index (χ1n) is 4.77. The van der Waals surface area contributed by atoms with Gasteiger partial charge < -0.3 is 15.5 Å². The van der Waals surface area contributed by atoms with Gasteiger partial charge in [0.25, 0.3) is 0 Å². The van der Waals surface area contributed by atoms with Crippen LogP contribution in [0.15, 0.2) is 0 Å². The van der Waals surface area contributed by atoms with Gasteiger partial charge in [-0.25, -0.2) is 0 Å². The Balaban J connectivity index is 2.24. The molecule has 1 aliphatic rings. The molecule has 4 nitrogen and oxygen atoms in total. The Morgan fingerprint density at radius 2 is 2.31 bits per heavy atom. The number of hydrogen-bond acceptors (Lipinski definition) is 3. The monoisotopic (exact) mass is 185 g/mol. The van der Waals surface area contributed by atoms with Crippen LogP contribution >= 0.6 is 0 Å². The van der Waals surface area contributed by atoms with E-state index in [2.05, 4.69) is 0 Å². The smallest absolute Gasteiger partial charge is 0.223 e. The van der Waals surface area contributed by atoms with Crippen LogP contribution in [-0.2, 0) is 4.79 Å². The molecule has 1 rings (SSSR count). The molecule has 0 saturated carbocycles. The van der Waals surface area contributed by atoms with Crippen molar-refractivity contribution in [2.75, 3.05) is 33.7 Å². The second-order valence-corrected chi connectivity index (χ2v) is 3.94. The van der Waals surface area contributed by atoms with Crippen molar-refractivity contribution in [2.45, 2.75) is 18.9 Å². The molecule has 1 aliphatic heterocycles. The minimum atomic E-state index is 0.198. The molecule has 2 N–H and O–H groups in total. The Labute approximate surface area is 79.7 Å². The maximum atomic E-state index is 11.5. The van der Waals surface area contributed by atoms with Crippen molar-refractivity contribution in [3.8, 4) is 0 Å². The number of amides is 1. The molecule has 0 aromatic rings. The predicted molar refractivity (Wildman–Crippen MR) is 52.3 cm³/mol. The van der Waals surface area contributed by atoms with Gasteiger partial charge in [0, 0.05) is 32.1 Å². The summed E-state index contributed by atoms with van der Waals surface area (Å²) in [6.07, 6.45) is 1.56. The molecule has 1 atom stereocenters. The zero-order valence-electron chi connectivity index (χ0n) is 8.49. The number of carbonyl (C=O) groups is 1. The van der Waals surface area contributed by atoms with Crippen LogP contribution in [0.3, 0.4) is 0 Å². The molecule has 4 heteroatoms. The van der Waals surface area contributed by atoms with E-state index in [1.165, 1.54) is 0 Å². The van der Waals surface area contributed by atoms with Crippen molar-refractivity contribution in [1.82, 2.24) is 9.80 Å². The Bertz CT molecular complexity index is 182. The van der Waals surface area contributed by atoms with Gasteiger partial charge in [0.15, 0.2) is 0 Å². The van der Waals surface area contributed by atoms with Gasteiger partial charge in [-0.15, -0.1) is 0 Å². The summed E-state index contributed by atoms with van der Waals surface area (Å²) in [6, 6.07) is 0.198. The topological polar surface area (TPSA) is 49.6 Å². The van der Waals surface area contributed by atoms with E-state index >= 15 is 0 Å². The van der Waals surface area contributed by atoms with E-state index in [-0.39, 0.29) is 11.9 Å². The number of hydrogen-bond donors (Lipinski definition) is 1. The molecule has 0 aliphatic carbocycles. The summed E-state index contributed by atoms with van der Waals surface area (Å²) < 4.78 is 0. The van der Waals surface area contributed by atoms with Crippen LogP contribution in [0.4, 0.5) is 0 Å². The summed E-state index contributed by atoms with van der Waals surface area (Å²) in [6.45, 7) is 2.41. The van der Waals surface area contributed by atoms with Crippen molar-refractivity contribution in [3.63, 3.8) is 0 Å². The normalized spacial score (nSPS) is 22.8. The molecule has 0 spiro atoms. The SMILES string of the molecule is CN(C)CCC(=O)N1CC[C@H](N)C1. The average molecular weight is 185 g/mol. The molecule has 0 bridgehead atoms. The van der Waals surface area contributed by atoms with Gasteiger partial charge in [0.2, 0.25) is 5.91 Å². The van der Waals surface area contributed by atoms with Gasteiger partial charge in [-0.3, -0.25) is 4.79 Å². The van der Waals surface area contributed by atoms with Gasteiger partial charge in [0.05, 0.1) is 0 Å². The van der Waals surface area contributed by atoms with Crippen molar-refractivity contribution >= 4 is 5.91 Å². The maximum absolute atomic E-state index is 11.5. The Kier molecular flexibility index (Phi) is 3.69. The van der Waals surface area contributed by atoms with Gasteiger partial charge in [-0.05, 0) is 20.5 Å². The maximum Gasteiger partial charge on any atom is 0.223 e. The van der Waals surface area contributed by atoms with Gasteiger partial charge in [0.1, 0.15) is 0 Å². The molecular formula is C9H19N3O. The third-order valence-corrected chi connectivity index (χ3v) is 2.35. The zero-order chi connectivity index (χ0) is 9.84. The highest BCUT2D eigenvalue weighted by molar-refractivity contribution is 5.76. The fourth-order valence-electron chi connectivity index (χ4n) is 1.49. The number of nitrogens with zero attached hydrogens (tertiary/aromatic N) is 2. The van der Waals surface area contributed by atoms with E-state index in [4.69, 9.17) is 5.73 Å². The fourth-order valence-corrected chi connectivity index (χ4v) is 1.49. The second kappa shape index (κ2) is 4.58. The number of carbonyl (C=O) groups excluding carboxylic acids is 1. The molecule has 1 heterocycles. The summed E-state index contributed by atoms with van der Waals surface area (Å²) in [4.78, 5) is 15.4. The number of rotatable bonds is 3. The highest BCUT2D eigenvalue weighted by Gasteiger charge is 2.22. The lowest BCUT2D eigenvalue weighted by Crippen LogP contribution is -2.33. The molecule has 0 aromatic heterocycles. The summed E-state index contributed by atoms with van der Waals surface area (Å²) in [5.41, 5.74) is 5.71. The highest BCUT2D eigenvalue weighted by Crippen LogP contribution is 2.08. The van der Waals surface area contributed by atoms with E-state index in [9.17, 15) is 4.79 Å². The molecule has 0 unspecified atom stereocenters. The lowest BCUT2D eigenvalue weighted by molar-refractivity contribution is -0.130. The van der Waals surface area contributed by atoms with Crippen LogP contribution in [0.25, 0.3) is 0 Å². The lowest BCUT2D eigenvalue weighted by atomic mass is 10.3. The van der Waals surface area contributed by atoms with E-state index in [1.54, 1.807) is 0 Å². The van der Waals surface area contributed by atoms with E-state index < -0.39 is 0 Å². The van der Waals surface area contributed by atoms with Gasteiger partial charge in [-0.2, -0.15) is 0 Å². The van der Waals surface area contributed by atoms with Crippen LogP contribution in [0.5, 0.6) is 0 Å². The standard InChI is InChI=1S/C9H19N3O/c1-11(2)5-4-9(13)12-6-3-8(10)7-12/h8H,3-7,10H2,1-2H3/t8-/m0/s1. The zero-order valence-corrected chi connectivity index (χ0v) is 8.49. The molecule has 0 aromatic carbocycles. The van der Waals surface area contributed by atoms with Gasteiger partial charge in [-0.1, -0.05) is 0 Å². The average Bonchev–Trinajstić information content (AvgIpc) is 2.47. The number of likely N-dealkylation sites (tertiary alicyclic amines) is 1. The van der Waals surface area contributed by atoms with Crippen LogP contribution < -0.4 is 5.73 Å². The molecule has 0 radical (unpaired) electrons. The molecule has 1 saturated heterocycles. The Hall–Kier alpha value is -0.610. The first-order valence-corrected chi connectivity index (χ1v) is 4.77. The highest BCUT2D eigenvalue weighted by atomic mass is 16.2. The van der Waals surface area contributed by atoms with Crippen LogP contribution in [0, 0.1) is 0 Å². The third kappa shape index (κ3) is 3.32. The first kappa shape index (κ1) is 10.5. The van der Waals surface area contributed by atoms with E-state index in [0.717, 1.165) is 26.1 Å². The van der Waals surface area contributed by atoms with Crippen molar-refractivity contribution in [1.29, 1.82) is 0 Å². The van der Waals surface area contributed by atoms with Crippen molar-refractivity contribution < 1.29 is 4.79 Å². The third-order valence-electron chi connectivity index (χ3n) is 2.35. The molecule has 1 amide bonds. The summed E-state index contributed by atoms with van der Waals surface area (Å²) in [5, 5.41) is 0. The van der Waals surface area contributed by atoms with E-state index in [1.807, 2.05) is 23.9 Å². The number of nitrogens with two attached hydrogens (primary N) is 1. The van der Waals surface area contributed by atoms with E-state index in [0.29, 0.717) is 6.42 Å². The molecule has 1 fully saturated rings. The summed E-state index contributed by atoms with van der Waals surface area (Å²) in [5.74, 6) is 0.238. The minimum Gasteiger partial charge on any atom is -0.341 e. The van der Waals surface area contributed by atoms with Crippen molar-refractivity contribution in [3.05, 3.63) is 0 Å². The van der Waals surface area contributed by atoms with Crippen LogP contribution in [-0.4, -0.2) is 55.5 Å². The molecule has 76 valence electrons. The van der Waals surface area contributed by atoms with Crippen LogP contribution in [0.2, 0.25) is 0 Å². The first-order chi connectivity index (χ1) is 6.09. The lowest BCUT2D eigenvalue weighted by Gasteiger charge is -2.17. The summed E-state index contributed by atoms with van der Waals surface area (Å²) in [7, 11) is 3.95. The molecule has 13 heavy (non-hydrogen) atoms. The Morgan fingerprint density at radius 1 is 1.62 bits per heavy atom. The summed E-state index contributed by atoms with van der Waals surface area (Å²) >= 11 is 0.